The molecule has 0 radical (unpaired) electrons. The second-order valence-corrected chi connectivity index (χ2v) is 11.2. The van der Waals surface area contributed by atoms with Crippen molar-refractivity contribution in [3.8, 4) is 17.2 Å². The topological polar surface area (TPSA) is 77.1 Å². The van der Waals surface area contributed by atoms with Crippen LogP contribution in [0.25, 0.3) is 0 Å². The number of halogens is 1. The monoisotopic (exact) mass is 546 g/mol. The van der Waals surface area contributed by atoms with Gasteiger partial charge in [0.05, 0.1) is 6.04 Å². The minimum absolute atomic E-state index is 0.0281. The first-order valence-corrected chi connectivity index (χ1v) is 14.1. The SMILES string of the molecule is CCN(CC)C(=O)c1ccc(C2c3cc(Oc4ccc(F)cc4)c(O)cc3CCN2CC2NCNC2(C)C)cc1. The molecule has 5 rings (SSSR count). The zero-order valence-electron chi connectivity index (χ0n) is 23.7. The van der Waals surface area contributed by atoms with E-state index >= 15 is 0 Å². The van der Waals surface area contributed by atoms with Crippen LogP contribution in [0.4, 0.5) is 4.39 Å². The predicted molar refractivity (Wildman–Crippen MR) is 154 cm³/mol. The third kappa shape index (κ3) is 5.70. The normalized spacial score (nSPS) is 20.2. The maximum absolute atomic E-state index is 13.5. The van der Waals surface area contributed by atoms with E-state index in [1.54, 1.807) is 18.2 Å². The van der Waals surface area contributed by atoms with E-state index in [0.717, 1.165) is 42.9 Å². The lowest BCUT2D eigenvalue weighted by Gasteiger charge is -2.41. The fraction of sp³-hybridized carbons (Fsp3) is 0.406. The highest BCUT2D eigenvalue weighted by Gasteiger charge is 2.38. The minimum atomic E-state index is -0.349. The summed E-state index contributed by atoms with van der Waals surface area (Å²) in [5.41, 5.74) is 3.79. The number of nitrogens with zero attached hydrogens (tertiary/aromatic N) is 2. The molecule has 0 bridgehead atoms. The van der Waals surface area contributed by atoms with Gasteiger partial charge in [-0.3, -0.25) is 20.3 Å². The Kier molecular flexibility index (Phi) is 8.12. The Labute approximate surface area is 235 Å². The maximum atomic E-state index is 13.5. The predicted octanol–water partition coefficient (Wildman–Crippen LogP) is 5.05. The molecule has 0 aromatic heterocycles. The molecule has 1 amide bonds. The van der Waals surface area contributed by atoms with Crippen LogP contribution < -0.4 is 15.4 Å². The maximum Gasteiger partial charge on any atom is 0.253 e. The van der Waals surface area contributed by atoms with Gasteiger partial charge in [0.1, 0.15) is 11.6 Å². The van der Waals surface area contributed by atoms with Gasteiger partial charge in [-0.2, -0.15) is 0 Å². The van der Waals surface area contributed by atoms with Crippen LogP contribution in [0.5, 0.6) is 17.2 Å². The standard InChI is InChI=1S/C32H39FN4O3/c1-5-36(6-2)31(39)22-9-7-21(8-10-22)30-26-18-28(40-25-13-11-24(33)12-14-25)27(38)17-23(26)15-16-37(30)19-29-32(3,4)35-20-34-29/h7-14,17-18,29-30,34-35,38H,5-6,15-16,19-20H2,1-4H3. The smallest absolute Gasteiger partial charge is 0.253 e. The molecule has 40 heavy (non-hydrogen) atoms. The molecule has 212 valence electrons. The second kappa shape index (κ2) is 11.6. The number of carbonyl (C=O) groups excluding carboxylic acids is 1. The third-order valence-corrected chi connectivity index (χ3v) is 8.30. The molecule has 3 aromatic rings. The highest BCUT2D eigenvalue weighted by atomic mass is 19.1. The van der Waals surface area contributed by atoms with Crippen LogP contribution in [-0.2, 0) is 6.42 Å². The third-order valence-electron chi connectivity index (χ3n) is 8.30. The van der Waals surface area contributed by atoms with Crippen molar-refractivity contribution in [3.63, 3.8) is 0 Å². The summed E-state index contributed by atoms with van der Waals surface area (Å²) in [7, 11) is 0. The van der Waals surface area contributed by atoms with Crippen LogP contribution in [-0.4, -0.2) is 65.2 Å². The number of amides is 1. The molecule has 2 aliphatic heterocycles. The number of aromatic hydroxyl groups is 1. The number of carbonyl (C=O) groups is 1. The van der Waals surface area contributed by atoms with Crippen LogP contribution in [0, 0.1) is 5.82 Å². The van der Waals surface area contributed by atoms with Crippen molar-refractivity contribution in [1.82, 2.24) is 20.4 Å². The average Bonchev–Trinajstić information content (AvgIpc) is 3.28. The Bertz CT molecular complexity index is 1340. The zero-order valence-corrected chi connectivity index (χ0v) is 23.7. The molecule has 0 aliphatic carbocycles. The van der Waals surface area contributed by atoms with Crippen molar-refractivity contribution in [2.45, 2.75) is 51.7 Å². The molecule has 2 unspecified atom stereocenters. The fourth-order valence-corrected chi connectivity index (χ4v) is 5.80. The van der Waals surface area contributed by atoms with Gasteiger partial charge in [0.2, 0.25) is 0 Å². The first-order chi connectivity index (χ1) is 19.2. The summed E-state index contributed by atoms with van der Waals surface area (Å²) in [5, 5.41) is 18.0. The number of benzene rings is 3. The van der Waals surface area contributed by atoms with Crippen LogP contribution in [0.3, 0.4) is 0 Å². The second-order valence-electron chi connectivity index (χ2n) is 11.2. The summed E-state index contributed by atoms with van der Waals surface area (Å²) >= 11 is 0. The highest BCUT2D eigenvalue weighted by Crippen LogP contribution is 2.42. The van der Waals surface area contributed by atoms with Gasteiger partial charge in [-0.25, -0.2) is 4.39 Å². The van der Waals surface area contributed by atoms with Crippen LogP contribution >= 0.6 is 0 Å². The Balaban J connectivity index is 1.52. The number of hydrogen-bond donors (Lipinski definition) is 3. The lowest BCUT2D eigenvalue weighted by Crippen LogP contribution is -2.52. The van der Waals surface area contributed by atoms with Crippen molar-refractivity contribution in [2.24, 2.45) is 0 Å². The van der Waals surface area contributed by atoms with Crippen LogP contribution in [0.2, 0.25) is 0 Å². The molecular formula is C32H39FN4O3. The van der Waals surface area contributed by atoms with Crippen LogP contribution in [0.15, 0.2) is 60.7 Å². The number of ether oxygens (including phenoxy) is 1. The summed E-state index contributed by atoms with van der Waals surface area (Å²) < 4.78 is 19.5. The zero-order chi connectivity index (χ0) is 28.4. The number of fused-ring (bicyclic) bond motifs is 1. The molecule has 2 atom stereocenters. The molecule has 0 spiro atoms. The Morgan fingerprint density at radius 2 is 1.80 bits per heavy atom. The van der Waals surface area contributed by atoms with E-state index in [4.69, 9.17) is 4.74 Å². The van der Waals surface area contributed by atoms with E-state index in [9.17, 15) is 14.3 Å². The molecular weight excluding hydrogens is 507 g/mol. The van der Waals surface area contributed by atoms with Gasteiger partial charge in [-0.1, -0.05) is 12.1 Å². The number of rotatable bonds is 8. The van der Waals surface area contributed by atoms with E-state index in [2.05, 4.69) is 29.4 Å². The van der Waals surface area contributed by atoms with Gasteiger partial charge in [0, 0.05) is 50.0 Å². The molecule has 3 N–H and O–H groups in total. The van der Waals surface area contributed by atoms with Crippen molar-refractivity contribution in [2.75, 3.05) is 32.8 Å². The molecule has 1 saturated heterocycles. The Morgan fingerprint density at radius 1 is 1.10 bits per heavy atom. The van der Waals surface area contributed by atoms with Gasteiger partial charge >= 0.3 is 0 Å². The van der Waals surface area contributed by atoms with E-state index in [0.29, 0.717) is 30.2 Å². The summed E-state index contributed by atoms with van der Waals surface area (Å²) in [6.07, 6.45) is 0.787. The highest BCUT2D eigenvalue weighted by molar-refractivity contribution is 5.94. The van der Waals surface area contributed by atoms with Gasteiger partial charge in [-0.15, -0.1) is 0 Å². The number of phenolic OH excluding ortho intramolecular Hbond substituents is 1. The van der Waals surface area contributed by atoms with Crippen molar-refractivity contribution < 1.29 is 19.0 Å². The summed E-state index contributed by atoms with van der Waals surface area (Å²) in [6.45, 7) is 12.1. The quantitative estimate of drug-likeness (QED) is 0.367. The van der Waals surface area contributed by atoms with Gasteiger partial charge in [0.15, 0.2) is 11.5 Å². The first-order valence-electron chi connectivity index (χ1n) is 14.1. The summed E-state index contributed by atoms with van der Waals surface area (Å²) in [5.74, 6) is 0.506. The lowest BCUT2D eigenvalue weighted by molar-refractivity contribution is 0.0773. The first kappa shape index (κ1) is 28.1. The Hall–Kier alpha value is -3.46. The van der Waals surface area contributed by atoms with Gasteiger partial charge in [0.25, 0.3) is 5.91 Å². The molecule has 2 aliphatic rings. The molecule has 7 nitrogen and oxygen atoms in total. The summed E-state index contributed by atoms with van der Waals surface area (Å²) in [6, 6.07) is 17.5. The van der Waals surface area contributed by atoms with Gasteiger partial charge in [-0.05, 0) is 99.3 Å². The van der Waals surface area contributed by atoms with Crippen LogP contribution in [0.1, 0.15) is 60.8 Å². The average molecular weight is 547 g/mol. The number of phenols is 1. The van der Waals surface area contributed by atoms with Gasteiger partial charge < -0.3 is 14.7 Å². The minimum Gasteiger partial charge on any atom is -0.504 e. The van der Waals surface area contributed by atoms with Crippen molar-refractivity contribution in [1.29, 1.82) is 0 Å². The van der Waals surface area contributed by atoms with E-state index in [-0.39, 0.29) is 35.1 Å². The largest absolute Gasteiger partial charge is 0.504 e. The molecule has 2 heterocycles. The molecule has 3 aromatic carbocycles. The number of nitrogens with one attached hydrogen (secondary N) is 2. The molecule has 1 fully saturated rings. The van der Waals surface area contributed by atoms with Crippen molar-refractivity contribution >= 4 is 5.91 Å². The van der Waals surface area contributed by atoms with E-state index in [1.165, 1.54) is 12.1 Å². The number of hydrogen-bond acceptors (Lipinski definition) is 6. The fourth-order valence-electron chi connectivity index (χ4n) is 5.80. The van der Waals surface area contributed by atoms with Crippen molar-refractivity contribution in [3.05, 3.63) is 88.7 Å². The van der Waals surface area contributed by atoms with E-state index < -0.39 is 0 Å². The summed E-state index contributed by atoms with van der Waals surface area (Å²) in [4.78, 5) is 17.3. The molecule has 8 heteroatoms. The lowest BCUT2D eigenvalue weighted by atomic mass is 9.86. The van der Waals surface area contributed by atoms with E-state index in [1.807, 2.05) is 49.1 Å². The Morgan fingerprint density at radius 3 is 2.42 bits per heavy atom. The molecule has 0 saturated carbocycles.